The maximum Gasteiger partial charge on any atom is 0.293 e. The van der Waals surface area contributed by atoms with Crippen molar-refractivity contribution in [2.45, 2.75) is 19.3 Å². The summed E-state index contributed by atoms with van der Waals surface area (Å²) in [5, 5.41) is 11.4. The zero-order chi connectivity index (χ0) is 16.5. The first kappa shape index (κ1) is 14.8. The van der Waals surface area contributed by atoms with Crippen molar-refractivity contribution in [3.63, 3.8) is 0 Å². The lowest BCUT2D eigenvalue weighted by Crippen LogP contribution is -2.30. The van der Waals surface area contributed by atoms with Gasteiger partial charge >= 0.3 is 0 Å². The Morgan fingerprint density at radius 1 is 0.917 bits per heavy atom. The molecule has 1 aromatic carbocycles. The topological polar surface area (TPSA) is 50.8 Å². The van der Waals surface area contributed by atoms with Gasteiger partial charge in [-0.05, 0) is 37.0 Å². The Kier molecular flexibility index (Phi) is 3.69. The summed E-state index contributed by atoms with van der Waals surface area (Å²) >= 11 is 0. The molecule has 0 atom stereocenters. The van der Waals surface area contributed by atoms with E-state index >= 15 is 0 Å². The molecule has 0 unspecified atom stereocenters. The van der Waals surface area contributed by atoms with E-state index in [-0.39, 0.29) is 10.6 Å². The van der Waals surface area contributed by atoms with Crippen molar-refractivity contribution in [2.75, 3.05) is 18.0 Å². The standard InChI is InChI=1S/C19H19N3O2/c23-22(24)17-9-10-19(20-11-5-2-6-12-20)21-14-16(13-18(17)21)15-7-3-1-4-8-15/h1,3-4,7-10,13-14H,2,5-6,11-12H2. The predicted molar refractivity (Wildman–Crippen MR) is 95.6 cm³/mol. The zero-order valence-corrected chi connectivity index (χ0v) is 13.4. The van der Waals surface area contributed by atoms with Gasteiger partial charge in [-0.25, -0.2) is 0 Å². The Labute approximate surface area is 140 Å². The molecule has 3 aromatic rings. The quantitative estimate of drug-likeness (QED) is 0.527. The molecule has 2 aromatic heterocycles. The highest BCUT2D eigenvalue weighted by atomic mass is 16.6. The van der Waals surface area contributed by atoms with Crippen molar-refractivity contribution in [1.29, 1.82) is 0 Å². The van der Waals surface area contributed by atoms with E-state index in [2.05, 4.69) is 4.90 Å². The summed E-state index contributed by atoms with van der Waals surface area (Å²) < 4.78 is 1.98. The van der Waals surface area contributed by atoms with E-state index in [4.69, 9.17) is 0 Å². The van der Waals surface area contributed by atoms with Gasteiger partial charge in [0.15, 0.2) is 0 Å². The molecule has 5 heteroatoms. The summed E-state index contributed by atoms with van der Waals surface area (Å²) in [4.78, 5) is 13.5. The maximum atomic E-state index is 11.4. The van der Waals surface area contributed by atoms with Crippen molar-refractivity contribution in [1.82, 2.24) is 4.40 Å². The van der Waals surface area contributed by atoms with Crippen LogP contribution in [0.3, 0.4) is 0 Å². The fraction of sp³-hybridized carbons (Fsp3) is 0.263. The summed E-state index contributed by atoms with van der Waals surface area (Å²) in [6, 6.07) is 15.4. The molecule has 0 aliphatic carbocycles. The number of anilines is 1. The van der Waals surface area contributed by atoms with Crippen LogP contribution >= 0.6 is 0 Å². The number of hydrogen-bond acceptors (Lipinski definition) is 3. The third kappa shape index (κ3) is 2.52. The van der Waals surface area contributed by atoms with Crippen molar-refractivity contribution >= 4 is 17.0 Å². The lowest BCUT2D eigenvalue weighted by molar-refractivity contribution is -0.383. The molecule has 1 fully saturated rings. The fourth-order valence-electron chi connectivity index (χ4n) is 3.49. The van der Waals surface area contributed by atoms with E-state index in [1.165, 1.54) is 19.3 Å². The van der Waals surface area contributed by atoms with E-state index in [1.807, 2.05) is 53.1 Å². The molecule has 0 amide bonds. The molecule has 0 spiro atoms. The largest absolute Gasteiger partial charge is 0.358 e. The SMILES string of the molecule is O=[N+]([O-])c1ccc(N2CCCCC2)n2cc(-c3ccccc3)cc12. The number of benzene rings is 1. The molecule has 0 bridgehead atoms. The molecule has 1 aliphatic rings. The van der Waals surface area contributed by atoms with Crippen LogP contribution in [0.1, 0.15) is 19.3 Å². The maximum absolute atomic E-state index is 11.4. The van der Waals surface area contributed by atoms with Gasteiger partial charge in [-0.1, -0.05) is 30.3 Å². The summed E-state index contributed by atoms with van der Waals surface area (Å²) in [6.45, 7) is 2.01. The first-order valence-electron chi connectivity index (χ1n) is 8.34. The molecule has 24 heavy (non-hydrogen) atoms. The van der Waals surface area contributed by atoms with Gasteiger partial charge in [0.05, 0.1) is 4.92 Å². The summed E-state index contributed by atoms with van der Waals surface area (Å²) in [6.07, 6.45) is 5.62. The van der Waals surface area contributed by atoms with E-state index in [0.29, 0.717) is 5.52 Å². The highest BCUT2D eigenvalue weighted by Crippen LogP contribution is 2.32. The lowest BCUT2D eigenvalue weighted by atomic mass is 10.1. The van der Waals surface area contributed by atoms with Crippen molar-refractivity contribution in [2.24, 2.45) is 0 Å². The van der Waals surface area contributed by atoms with Crippen molar-refractivity contribution < 1.29 is 4.92 Å². The number of nitrogens with zero attached hydrogens (tertiary/aromatic N) is 3. The minimum Gasteiger partial charge on any atom is -0.358 e. The van der Waals surface area contributed by atoms with Crippen molar-refractivity contribution in [3.05, 3.63) is 64.8 Å². The molecular weight excluding hydrogens is 302 g/mol. The third-order valence-corrected chi connectivity index (χ3v) is 4.70. The minimum absolute atomic E-state index is 0.151. The van der Waals surface area contributed by atoms with Gasteiger partial charge in [0.2, 0.25) is 0 Å². The van der Waals surface area contributed by atoms with Gasteiger partial charge in [0, 0.05) is 30.9 Å². The number of hydrogen-bond donors (Lipinski definition) is 0. The van der Waals surface area contributed by atoms with Crippen LogP contribution in [-0.2, 0) is 0 Å². The lowest BCUT2D eigenvalue weighted by Gasteiger charge is -2.29. The first-order chi connectivity index (χ1) is 11.7. The van der Waals surface area contributed by atoms with Crippen LogP contribution in [0.15, 0.2) is 54.7 Å². The molecular formula is C19H19N3O2. The average Bonchev–Trinajstić information content (AvgIpc) is 3.07. The van der Waals surface area contributed by atoms with Gasteiger partial charge in [0.25, 0.3) is 5.69 Å². The van der Waals surface area contributed by atoms with Crippen LogP contribution in [0.4, 0.5) is 11.5 Å². The van der Waals surface area contributed by atoms with Gasteiger partial charge in [0.1, 0.15) is 11.3 Å². The van der Waals surface area contributed by atoms with Gasteiger partial charge < -0.3 is 4.90 Å². The van der Waals surface area contributed by atoms with Crippen LogP contribution < -0.4 is 4.90 Å². The summed E-state index contributed by atoms with van der Waals surface area (Å²) in [7, 11) is 0. The molecule has 1 aliphatic heterocycles. The zero-order valence-electron chi connectivity index (χ0n) is 13.4. The second-order valence-corrected chi connectivity index (χ2v) is 6.23. The molecule has 0 radical (unpaired) electrons. The van der Waals surface area contributed by atoms with Gasteiger partial charge in [-0.15, -0.1) is 0 Å². The molecule has 3 heterocycles. The molecule has 5 nitrogen and oxygen atoms in total. The fourth-order valence-corrected chi connectivity index (χ4v) is 3.49. The number of nitro groups is 1. The van der Waals surface area contributed by atoms with E-state index in [9.17, 15) is 10.1 Å². The van der Waals surface area contributed by atoms with Crippen LogP contribution in [-0.4, -0.2) is 22.4 Å². The molecule has 1 saturated heterocycles. The van der Waals surface area contributed by atoms with Crippen LogP contribution in [0, 0.1) is 10.1 Å². The average molecular weight is 321 g/mol. The van der Waals surface area contributed by atoms with Crippen molar-refractivity contribution in [3.8, 4) is 11.1 Å². The molecule has 0 N–H and O–H groups in total. The number of rotatable bonds is 3. The Balaban J connectivity index is 1.90. The number of piperidine rings is 1. The second kappa shape index (κ2) is 6.00. The molecule has 0 saturated carbocycles. The number of fused-ring (bicyclic) bond motifs is 1. The monoisotopic (exact) mass is 321 g/mol. The first-order valence-corrected chi connectivity index (χ1v) is 8.34. The molecule has 122 valence electrons. The Hall–Kier alpha value is -2.82. The number of pyridine rings is 1. The van der Waals surface area contributed by atoms with Gasteiger partial charge in [-0.2, -0.15) is 0 Å². The molecule has 4 rings (SSSR count). The van der Waals surface area contributed by atoms with E-state index in [0.717, 1.165) is 30.0 Å². The smallest absolute Gasteiger partial charge is 0.293 e. The normalized spacial score (nSPS) is 14.9. The van der Waals surface area contributed by atoms with E-state index in [1.54, 1.807) is 6.07 Å². The Morgan fingerprint density at radius 3 is 2.38 bits per heavy atom. The van der Waals surface area contributed by atoms with E-state index < -0.39 is 0 Å². The number of aromatic nitrogens is 1. The van der Waals surface area contributed by atoms with Crippen LogP contribution in [0.5, 0.6) is 0 Å². The highest BCUT2D eigenvalue weighted by molar-refractivity contribution is 5.78. The predicted octanol–water partition coefficient (Wildman–Crippen LogP) is 4.50. The second-order valence-electron chi connectivity index (χ2n) is 6.23. The Morgan fingerprint density at radius 2 is 1.67 bits per heavy atom. The Bertz CT molecular complexity index is 880. The third-order valence-electron chi connectivity index (χ3n) is 4.70. The van der Waals surface area contributed by atoms with Gasteiger partial charge in [-0.3, -0.25) is 14.5 Å². The summed E-state index contributed by atoms with van der Waals surface area (Å²) in [5.74, 6) is 1.04. The van der Waals surface area contributed by atoms with Crippen LogP contribution in [0.25, 0.3) is 16.6 Å². The summed E-state index contributed by atoms with van der Waals surface area (Å²) in [5.41, 5.74) is 2.88. The minimum atomic E-state index is -0.301. The van der Waals surface area contributed by atoms with Crippen LogP contribution in [0.2, 0.25) is 0 Å². The highest BCUT2D eigenvalue weighted by Gasteiger charge is 2.20.